The number of aliphatic hydroxyl groups is 2. The lowest BCUT2D eigenvalue weighted by Crippen LogP contribution is -2.40. The van der Waals surface area contributed by atoms with Crippen LogP contribution in [-0.2, 0) is 0 Å². The maximum Gasteiger partial charge on any atom is 0.172 e. The van der Waals surface area contributed by atoms with E-state index >= 15 is 0 Å². The van der Waals surface area contributed by atoms with Crippen LogP contribution in [0.15, 0.2) is 12.7 Å². The lowest BCUT2D eigenvalue weighted by Gasteiger charge is -2.19. The molecule has 3 N–H and O–H groups in total. The summed E-state index contributed by atoms with van der Waals surface area (Å²) in [5.41, 5.74) is 0. The Morgan fingerprint density at radius 1 is 1.55 bits per heavy atom. The van der Waals surface area contributed by atoms with Crippen LogP contribution in [0.5, 0.6) is 0 Å². The van der Waals surface area contributed by atoms with E-state index in [0.29, 0.717) is 11.7 Å². The van der Waals surface area contributed by atoms with Gasteiger partial charge in [-0.25, -0.2) is 0 Å². The normalized spacial score (nSPS) is 8.91. The minimum atomic E-state index is -0.292. The van der Waals surface area contributed by atoms with Gasteiger partial charge >= 0.3 is 0 Å². The molecule has 0 bridgehead atoms. The monoisotopic (exact) mass is 176 g/mol. The number of nitrogens with zero attached hydrogens (tertiary/aromatic N) is 1. The third-order valence-electron chi connectivity index (χ3n) is 1.03. The molecule has 0 saturated carbocycles. The van der Waals surface area contributed by atoms with Gasteiger partial charge in [0.1, 0.15) is 13.5 Å². The smallest absolute Gasteiger partial charge is 0.172 e. The molecule has 0 aliphatic rings. The van der Waals surface area contributed by atoms with Gasteiger partial charge in [0, 0.05) is 6.54 Å². The van der Waals surface area contributed by atoms with Crippen molar-refractivity contribution in [2.45, 2.75) is 0 Å². The van der Waals surface area contributed by atoms with E-state index in [0.717, 1.165) is 0 Å². The highest BCUT2D eigenvalue weighted by molar-refractivity contribution is 7.80. The van der Waals surface area contributed by atoms with Gasteiger partial charge in [-0.3, -0.25) is 0 Å². The van der Waals surface area contributed by atoms with Gasteiger partial charge in [0.25, 0.3) is 0 Å². The first-order valence-electron chi connectivity index (χ1n) is 3.11. The first-order chi connectivity index (χ1) is 5.26. The van der Waals surface area contributed by atoms with Gasteiger partial charge in [-0.15, -0.1) is 6.58 Å². The van der Waals surface area contributed by atoms with Gasteiger partial charge in [-0.05, 0) is 12.2 Å². The number of aliphatic hydroxyl groups excluding tert-OH is 2. The summed E-state index contributed by atoms with van der Waals surface area (Å²) in [5.74, 6) is 0. The quantitative estimate of drug-likeness (QED) is 0.299. The fourth-order valence-electron chi connectivity index (χ4n) is 0.444. The van der Waals surface area contributed by atoms with Crippen molar-refractivity contribution in [2.75, 3.05) is 20.0 Å². The summed E-state index contributed by atoms with van der Waals surface area (Å²) in [6.45, 7) is 3.42. The highest BCUT2D eigenvalue weighted by Gasteiger charge is 2.03. The van der Waals surface area contributed by atoms with Crippen LogP contribution >= 0.6 is 12.2 Å². The van der Waals surface area contributed by atoms with Crippen molar-refractivity contribution in [1.29, 1.82) is 0 Å². The van der Waals surface area contributed by atoms with E-state index in [9.17, 15) is 0 Å². The van der Waals surface area contributed by atoms with Gasteiger partial charge in [-0.1, -0.05) is 6.08 Å². The Kier molecular flexibility index (Phi) is 5.73. The molecular weight excluding hydrogens is 164 g/mol. The van der Waals surface area contributed by atoms with Gasteiger partial charge in [-0.2, -0.15) is 0 Å². The number of thiocarbonyl (C=S) groups is 1. The van der Waals surface area contributed by atoms with Crippen molar-refractivity contribution >= 4 is 17.3 Å². The molecule has 0 aliphatic carbocycles. The third-order valence-corrected chi connectivity index (χ3v) is 1.43. The molecule has 0 aromatic rings. The molecular formula is C6H12N2O2S. The van der Waals surface area contributed by atoms with Gasteiger partial charge in [0.2, 0.25) is 0 Å². The highest BCUT2D eigenvalue weighted by atomic mass is 32.1. The summed E-state index contributed by atoms with van der Waals surface area (Å²) in [6.07, 6.45) is 1.64. The minimum Gasteiger partial charge on any atom is -0.376 e. The van der Waals surface area contributed by atoms with Crippen LogP contribution in [-0.4, -0.2) is 40.2 Å². The van der Waals surface area contributed by atoms with Crippen LogP contribution in [0.25, 0.3) is 0 Å². The van der Waals surface area contributed by atoms with Gasteiger partial charge < -0.3 is 20.4 Å². The zero-order valence-corrected chi connectivity index (χ0v) is 6.97. The van der Waals surface area contributed by atoms with Gasteiger partial charge in [0.05, 0.1) is 0 Å². The van der Waals surface area contributed by atoms with Crippen LogP contribution in [0.2, 0.25) is 0 Å². The summed E-state index contributed by atoms with van der Waals surface area (Å²) in [4.78, 5) is 1.21. The third kappa shape index (κ3) is 3.92. The van der Waals surface area contributed by atoms with Crippen LogP contribution < -0.4 is 5.32 Å². The Bertz CT molecular complexity index is 137. The molecule has 11 heavy (non-hydrogen) atoms. The van der Waals surface area contributed by atoms with Crippen LogP contribution in [0.4, 0.5) is 0 Å². The molecule has 0 aliphatic heterocycles. The number of rotatable bonds is 4. The fourth-order valence-corrected chi connectivity index (χ4v) is 0.643. The maximum absolute atomic E-state index is 8.61. The summed E-state index contributed by atoms with van der Waals surface area (Å²) in [6, 6.07) is 0. The van der Waals surface area contributed by atoms with Crippen molar-refractivity contribution in [3.8, 4) is 0 Å². The molecule has 0 aromatic carbocycles. The molecule has 0 amide bonds. The zero-order chi connectivity index (χ0) is 8.69. The van der Waals surface area contributed by atoms with E-state index in [1.54, 1.807) is 6.08 Å². The zero-order valence-electron chi connectivity index (χ0n) is 6.16. The minimum absolute atomic E-state index is 0.292. The Morgan fingerprint density at radius 2 is 2.09 bits per heavy atom. The highest BCUT2D eigenvalue weighted by Crippen LogP contribution is 1.84. The van der Waals surface area contributed by atoms with Crippen molar-refractivity contribution < 1.29 is 10.2 Å². The molecule has 0 aromatic heterocycles. The van der Waals surface area contributed by atoms with Crippen molar-refractivity contribution in [3.63, 3.8) is 0 Å². The Balaban J connectivity index is 3.69. The van der Waals surface area contributed by atoms with E-state index in [1.165, 1.54) is 4.90 Å². The molecule has 4 nitrogen and oxygen atoms in total. The topological polar surface area (TPSA) is 55.7 Å². The van der Waals surface area contributed by atoms with Crippen LogP contribution in [0, 0.1) is 0 Å². The van der Waals surface area contributed by atoms with E-state index in [1.807, 2.05) is 0 Å². The van der Waals surface area contributed by atoms with E-state index in [-0.39, 0.29) is 13.5 Å². The Hall–Kier alpha value is -0.650. The van der Waals surface area contributed by atoms with Crippen LogP contribution in [0.3, 0.4) is 0 Å². The summed E-state index contributed by atoms with van der Waals surface area (Å²) in [5, 5.41) is 20.3. The van der Waals surface area contributed by atoms with E-state index in [2.05, 4.69) is 11.9 Å². The fraction of sp³-hybridized carbons (Fsp3) is 0.500. The Morgan fingerprint density at radius 3 is 2.45 bits per heavy atom. The number of hydrogen-bond donors (Lipinski definition) is 3. The largest absolute Gasteiger partial charge is 0.376 e. The van der Waals surface area contributed by atoms with Crippen molar-refractivity contribution in [2.24, 2.45) is 0 Å². The second-order valence-electron chi connectivity index (χ2n) is 1.80. The molecule has 64 valence electrons. The average molecular weight is 176 g/mol. The maximum atomic E-state index is 8.61. The standard InChI is InChI=1S/C6H12N2O2S/c1-2-3-7-6(11)8(4-9)5-10/h2,9-10H,1,3-5H2,(H,7,11). The first kappa shape index (κ1) is 10.3. The van der Waals surface area contributed by atoms with Crippen molar-refractivity contribution in [3.05, 3.63) is 12.7 Å². The molecule has 0 saturated heterocycles. The first-order valence-corrected chi connectivity index (χ1v) is 3.52. The summed E-state index contributed by atoms with van der Waals surface area (Å²) in [7, 11) is 0. The number of hydrogen-bond acceptors (Lipinski definition) is 3. The molecule has 0 radical (unpaired) electrons. The van der Waals surface area contributed by atoms with Crippen molar-refractivity contribution in [1.82, 2.24) is 10.2 Å². The second kappa shape index (κ2) is 6.09. The van der Waals surface area contributed by atoms with E-state index < -0.39 is 0 Å². The molecule has 0 spiro atoms. The summed E-state index contributed by atoms with van der Waals surface area (Å²) >= 11 is 4.79. The predicted molar refractivity (Wildman–Crippen MR) is 46.8 cm³/mol. The van der Waals surface area contributed by atoms with E-state index in [4.69, 9.17) is 22.4 Å². The molecule has 0 rings (SSSR count). The molecule has 5 heteroatoms. The molecule has 0 heterocycles. The molecule has 0 fully saturated rings. The molecule has 0 unspecified atom stereocenters. The Labute approximate surface area is 71.1 Å². The van der Waals surface area contributed by atoms with Gasteiger partial charge in [0.15, 0.2) is 5.11 Å². The predicted octanol–water partition coefficient (Wildman–Crippen LogP) is -0.752. The second-order valence-corrected chi connectivity index (χ2v) is 2.18. The lowest BCUT2D eigenvalue weighted by molar-refractivity contribution is 0.0854. The molecule has 0 atom stereocenters. The van der Waals surface area contributed by atoms with Crippen LogP contribution in [0.1, 0.15) is 0 Å². The lowest BCUT2D eigenvalue weighted by atomic mass is 10.6. The SMILES string of the molecule is C=CCNC(=S)N(CO)CO. The number of nitrogens with one attached hydrogen (secondary N) is 1. The average Bonchev–Trinajstić information content (AvgIpc) is 2.03. The summed E-state index contributed by atoms with van der Waals surface area (Å²) < 4.78 is 0.